The summed E-state index contributed by atoms with van der Waals surface area (Å²) in [5.41, 5.74) is 5.80. The van der Waals surface area contributed by atoms with Gasteiger partial charge in [-0.1, -0.05) is 0 Å². The maximum absolute atomic E-state index is 5.80. The molecule has 64 valence electrons. The smallest absolute Gasteiger partial charge is 0.110 e. The van der Waals surface area contributed by atoms with Crippen LogP contribution >= 0.6 is 0 Å². The lowest BCUT2D eigenvalue weighted by atomic mass is 10.3. The van der Waals surface area contributed by atoms with E-state index >= 15 is 0 Å². The second-order valence-electron chi connectivity index (χ2n) is 3.51. The third-order valence-corrected chi connectivity index (χ3v) is 2.57. The summed E-state index contributed by atoms with van der Waals surface area (Å²) < 4.78 is 5.56. The number of hydrogen-bond acceptors (Lipinski definition) is 3. The largest absolute Gasteiger partial charge is 0.363 e. The maximum Gasteiger partial charge on any atom is 0.110 e. The summed E-state index contributed by atoms with van der Waals surface area (Å²) >= 11 is 0. The molecule has 2 rings (SSSR count). The topological polar surface area (TPSA) is 38.5 Å². The van der Waals surface area contributed by atoms with E-state index in [2.05, 4.69) is 4.90 Å². The van der Waals surface area contributed by atoms with Gasteiger partial charge in [0.1, 0.15) is 6.23 Å². The minimum Gasteiger partial charge on any atom is -0.363 e. The molecule has 3 heteroatoms. The maximum atomic E-state index is 5.80. The molecule has 0 radical (unpaired) electrons. The predicted octanol–water partition coefficient (Wildman–Crippen LogP) is 0.156. The Morgan fingerprint density at radius 1 is 1.36 bits per heavy atom. The number of hydrogen-bond donors (Lipinski definition) is 1. The highest BCUT2D eigenvalue weighted by Gasteiger charge is 2.28. The normalized spacial score (nSPS) is 40.1. The standard InChI is InChI=1S/C8H16N2O/c9-7-3-4-10(6-7)8-2-1-5-11-8/h7-8H,1-6,9H2. The van der Waals surface area contributed by atoms with E-state index in [9.17, 15) is 0 Å². The lowest BCUT2D eigenvalue weighted by Crippen LogP contribution is -2.34. The molecule has 0 aromatic carbocycles. The fraction of sp³-hybridized carbons (Fsp3) is 1.00. The molecule has 0 spiro atoms. The highest BCUT2D eigenvalue weighted by Crippen LogP contribution is 2.20. The van der Waals surface area contributed by atoms with Crippen molar-refractivity contribution in [1.82, 2.24) is 4.90 Å². The highest BCUT2D eigenvalue weighted by atomic mass is 16.5. The van der Waals surface area contributed by atoms with Crippen LogP contribution in [0.25, 0.3) is 0 Å². The summed E-state index contributed by atoms with van der Waals surface area (Å²) in [6.07, 6.45) is 3.95. The molecular weight excluding hydrogens is 140 g/mol. The van der Waals surface area contributed by atoms with Crippen molar-refractivity contribution < 1.29 is 4.74 Å². The summed E-state index contributed by atoms with van der Waals surface area (Å²) in [5.74, 6) is 0. The van der Waals surface area contributed by atoms with Crippen LogP contribution in [0.3, 0.4) is 0 Å². The van der Waals surface area contributed by atoms with Crippen molar-refractivity contribution in [2.75, 3.05) is 19.7 Å². The van der Waals surface area contributed by atoms with Crippen molar-refractivity contribution in [2.45, 2.75) is 31.5 Å². The molecule has 2 saturated heterocycles. The fourth-order valence-electron chi connectivity index (χ4n) is 1.93. The predicted molar refractivity (Wildman–Crippen MR) is 43.1 cm³/mol. The molecule has 2 heterocycles. The van der Waals surface area contributed by atoms with Crippen LogP contribution in [0, 0.1) is 0 Å². The van der Waals surface area contributed by atoms with Crippen molar-refractivity contribution in [3.05, 3.63) is 0 Å². The molecule has 0 aromatic heterocycles. The summed E-state index contributed by atoms with van der Waals surface area (Å²) in [4.78, 5) is 2.37. The Morgan fingerprint density at radius 3 is 2.82 bits per heavy atom. The number of ether oxygens (including phenoxy) is 1. The van der Waals surface area contributed by atoms with Gasteiger partial charge in [0.2, 0.25) is 0 Å². The summed E-state index contributed by atoms with van der Waals surface area (Å²) in [7, 11) is 0. The van der Waals surface area contributed by atoms with E-state index in [1.54, 1.807) is 0 Å². The lowest BCUT2D eigenvalue weighted by Gasteiger charge is -2.22. The van der Waals surface area contributed by atoms with Crippen molar-refractivity contribution in [3.8, 4) is 0 Å². The average molecular weight is 156 g/mol. The van der Waals surface area contributed by atoms with Crippen LogP contribution in [0.4, 0.5) is 0 Å². The van der Waals surface area contributed by atoms with Gasteiger partial charge in [0.25, 0.3) is 0 Å². The molecule has 0 aliphatic carbocycles. The van der Waals surface area contributed by atoms with Crippen LogP contribution in [0.1, 0.15) is 19.3 Å². The monoisotopic (exact) mass is 156 g/mol. The Morgan fingerprint density at radius 2 is 2.27 bits per heavy atom. The van der Waals surface area contributed by atoms with Gasteiger partial charge >= 0.3 is 0 Å². The number of rotatable bonds is 1. The zero-order valence-electron chi connectivity index (χ0n) is 6.83. The van der Waals surface area contributed by atoms with E-state index in [4.69, 9.17) is 10.5 Å². The SMILES string of the molecule is NC1CCN(C2CCCO2)C1. The van der Waals surface area contributed by atoms with Gasteiger partial charge < -0.3 is 10.5 Å². The first-order chi connectivity index (χ1) is 5.36. The van der Waals surface area contributed by atoms with Crippen molar-refractivity contribution in [2.24, 2.45) is 5.73 Å². The molecule has 0 bridgehead atoms. The van der Waals surface area contributed by atoms with Crippen LogP contribution in [0.2, 0.25) is 0 Å². The third-order valence-electron chi connectivity index (χ3n) is 2.57. The van der Waals surface area contributed by atoms with Gasteiger partial charge in [-0.05, 0) is 19.3 Å². The van der Waals surface area contributed by atoms with Gasteiger partial charge in [-0.2, -0.15) is 0 Å². The Kier molecular flexibility index (Phi) is 2.11. The minimum atomic E-state index is 0.388. The molecule has 0 amide bonds. The first-order valence-corrected chi connectivity index (χ1v) is 4.47. The van der Waals surface area contributed by atoms with Crippen molar-refractivity contribution in [3.63, 3.8) is 0 Å². The minimum absolute atomic E-state index is 0.388. The molecule has 3 nitrogen and oxygen atoms in total. The van der Waals surface area contributed by atoms with Crippen LogP contribution in [-0.4, -0.2) is 36.9 Å². The van der Waals surface area contributed by atoms with Gasteiger partial charge in [-0.3, -0.25) is 4.90 Å². The van der Waals surface area contributed by atoms with Gasteiger partial charge in [-0.15, -0.1) is 0 Å². The average Bonchev–Trinajstić information content (AvgIpc) is 2.55. The second kappa shape index (κ2) is 3.09. The molecular formula is C8H16N2O. The molecule has 2 N–H and O–H groups in total. The number of nitrogens with two attached hydrogens (primary N) is 1. The summed E-state index contributed by atoms with van der Waals surface area (Å²) in [6.45, 7) is 3.10. The Hall–Kier alpha value is -0.120. The van der Waals surface area contributed by atoms with E-state index in [0.717, 1.165) is 26.1 Å². The van der Waals surface area contributed by atoms with Gasteiger partial charge in [0.05, 0.1) is 0 Å². The number of likely N-dealkylation sites (tertiary alicyclic amines) is 1. The highest BCUT2D eigenvalue weighted by molar-refractivity contribution is 4.81. The Balaban J connectivity index is 1.85. The van der Waals surface area contributed by atoms with Crippen LogP contribution in [-0.2, 0) is 4.74 Å². The molecule has 11 heavy (non-hydrogen) atoms. The summed E-state index contributed by atoms with van der Waals surface area (Å²) in [6, 6.07) is 0.388. The molecule has 2 unspecified atom stereocenters. The Bertz CT molecular complexity index is 134. The molecule has 2 aliphatic heterocycles. The van der Waals surface area contributed by atoms with Gasteiger partial charge in [-0.25, -0.2) is 0 Å². The van der Waals surface area contributed by atoms with Gasteiger partial charge in [0, 0.05) is 25.7 Å². The second-order valence-corrected chi connectivity index (χ2v) is 3.51. The molecule has 0 aromatic rings. The third kappa shape index (κ3) is 1.55. The first kappa shape index (κ1) is 7.53. The molecule has 2 fully saturated rings. The number of nitrogens with zero attached hydrogens (tertiary/aromatic N) is 1. The lowest BCUT2D eigenvalue weighted by molar-refractivity contribution is -0.00678. The van der Waals surface area contributed by atoms with Crippen molar-refractivity contribution in [1.29, 1.82) is 0 Å². The van der Waals surface area contributed by atoms with Crippen molar-refractivity contribution >= 4 is 0 Å². The van der Waals surface area contributed by atoms with Crippen LogP contribution in [0.15, 0.2) is 0 Å². The zero-order valence-corrected chi connectivity index (χ0v) is 6.83. The molecule has 2 atom stereocenters. The zero-order chi connectivity index (χ0) is 7.68. The van der Waals surface area contributed by atoms with Crippen LogP contribution < -0.4 is 5.73 Å². The van der Waals surface area contributed by atoms with E-state index in [0.29, 0.717) is 12.3 Å². The van der Waals surface area contributed by atoms with Crippen LogP contribution in [0.5, 0.6) is 0 Å². The first-order valence-electron chi connectivity index (χ1n) is 4.47. The van der Waals surface area contributed by atoms with E-state index < -0.39 is 0 Å². The molecule has 2 aliphatic rings. The Labute approximate surface area is 67.5 Å². The van der Waals surface area contributed by atoms with Gasteiger partial charge in [0.15, 0.2) is 0 Å². The molecule has 0 saturated carbocycles. The van der Waals surface area contributed by atoms with E-state index in [-0.39, 0.29) is 0 Å². The van der Waals surface area contributed by atoms with E-state index in [1.807, 2.05) is 0 Å². The fourth-order valence-corrected chi connectivity index (χ4v) is 1.93. The quantitative estimate of drug-likeness (QED) is 0.587. The summed E-state index contributed by atoms with van der Waals surface area (Å²) in [5, 5.41) is 0. The van der Waals surface area contributed by atoms with E-state index in [1.165, 1.54) is 12.8 Å².